The Labute approximate surface area is 221 Å². The molecular weight excluding hydrogens is 483 g/mol. The SMILES string of the molecule is O=C1CC(CO)CCN1c1ccc(-c2ccc(OCc3ccccc3)nc2OCc2ccccc2)cc1F. The lowest BCUT2D eigenvalue weighted by atomic mass is 9.96. The van der Waals surface area contributed by atoms with Crippen molar-refractivity contribution in [2.45, 2.75) is 26.1 Å². The number of benzene rings is 3. The Morgan fingerprint density at radius 1 is 0.895 bits per heavy atom. The maximum Gasteiger partial charge on any atom is 0.227 e. The molecule has 1 N–H and O–H groups in total. The first-order valence-corrected chi connectivity index (χ1v) is 12.7. The van der Waals surface area contributed by atoms with Crippen LogP contribution in [-0.2, 0) is 18.0 Å². The predicted octanol–water partition coefficient (Wildman–Crippen LogP) is 5.78. The van der Waals surface area contributed by atoms with E-state index >= 15 is 4.39 Å². The first kappa shape index (κ1) is 25.4. The molecule has 194 valence electrons. The van der Waals surface area contributed by atoms with Crippen LogP contribution in [0.5, 0.6) is 11.8 Å². The molecule has 1 aliphatic heterocycles. The number of aliphatic hydroxyl groups is 1. The van der Waals surface area contributed by atoms with E-state index in [2.05, 4.69) is 4.98 Å². The summed E-state index contributed by atoms with van der Waals surface area (Å²) >= 11 is 0. The minimum atomic E-state index is -0.503. The van der Waals surface area contributed by atoms with Gasteiger partial charge in [-0.1, -0.05) is 66.7 Å². The molecule has 1 unspecified atom stereocenters. The largest absolute Gasteiger partial charge is 0.473 e. The molecule has 4 aromatic rings. The highest BCUT2D eigenvalue weighted by Gasteiger charge is 2.28. The van der Waals surface area contributed by atoms with Gasteiger partial charge >= 0.3 is 0 Å². The zero-order chi connectivity index (χ0) is 26.3. The predicted molar refractivity (Wildman–Crippen MR) is 143 cm³/mol. The monoisotopic (exact) mass is 512 g/mol. The molecular formula is C31H29FN2O4. The number of piperidine rings is 1. The van der Waals surface area contributed by atoms with Gasteiger partial charge in [-0.2, -0.15) is 4.98 Å². The van der Waals surface area contributed by atoms with Crippen LogP contribution in [0.25, 0.3) is 11.1 Å². The van der Waals surface area contributed by atoms with Gasteiger partial charge in [0.2, 0.25) is 17.7 Å². The van der Waals surface area contributed by atoms with Crippen LogP contribution in [0.1, 0.15) is 24.0 Å². The zero-order valence-corrected chi connectivity index (χ0v) is 20.9. The van der Waals surface area contributed by atoms with Crippen molar-refractivity contribution in [3.05, 3.63) is 108 Å². The molecule has 0 radical (unpaired) electrons. The van der Waals surface area contributed by atoms with Crippen LogP contribution >= 0.6 is 0 Å². The van der Waals surface area contributed by atoms with Crippen molar-refractivity contribution in [2.75, 3.05) is 18.1 Å². The number of nitrogens with zero attached hydrogens (tertiary/aromatic N) is 2. The Morgan fingerprint density at radius 3 is 2.21 bits per heavy atom. The van der Waals surface area contributed by atoms with Crippen molar-refractivity contribution in [1.29, 1.82) is 0 Å². The molecule has 6 nitrogen and oxygen atoms in total. The Balaban J connectivity index is 1.40. The number of hydrogen-bond acceptors (Lipinski definition) is 5. The van der Waals surface area contributed by atoms with E-state index in [1.54, 1.807) is 24.3 Å². The molecule has 7 heteroatoms. The summed E-state index contributed by atoms with van der Waals surface area (Å²) in [6.45, 7) is 0.985. The molecule has 1 saturated heterocycles. The average molecular weight is 513 g/mol. The van der Waals surface area contributed by atoms with Crippen LogP contribution in [0.15, 0.2) is 91.0 Å². The minimum Gasteiger partial charge on any atom is -0.473 e. The fourth-order valence-corrected chi connectivity index (χ4v) is 4.49. The Bertz CT molecular complexity index is 1380. The lowest BCUT2D eigenvalue weighted by Gasteiger charge is -2.31. The molecule has 1 aliphatic rings. The third kappa shape index (κ3) is 6.01. The number of rotatable bonds is 9. The van der Waals surface area contributed by atoms with Crippen LogP contribution < -0.4 is 14.4 Å². The third-order valence-corrected chi connectivity index (χ3v) is 6.62. The number of ether oxygens (including phenoxy) is 2. The quantitative estimate of drug-likeness (QED) is 0.308. The van der Waals surface area contributed by atoms with E-state index in [1.165, 1.54) is 11.0 Å². The van der Waals surface area contributed by atoms with Crippen LogP contribution in [0.4, 0.5) is 10.1 Å². The number of aliphatic hydroxyl groups excluding tert-OH is 1. The molecule has 1 atom stereocenters. The van der Waals surface area contributed by atoms with Crippen LogP contribution in [-0.4, -0.2) is 29.1 Å². The van der Waals surface area contributed by atoms with Crippen molar-refractivity contribution < 1.29 is 23.8 Å². The van der Waals surface area contributed by atoms with Gasteiger partial charge < -0.3 is 19.5 Å². The fourth-order valence-electron chi connectivity index (χ4n) is 4.49. The summed E-state index contributed by atoms with van der Waals surface area (Å²) in [7, 11) is 0. The van der Waals surface area contributed by atoms with E-state index in [0.717, 1.165) is 11.1 Å². The van der Waals surface area contributed by atoms with Crippen molar-refractivity contribution >= 4 is 11.6 Å². The van der Waals surface area contributed by atoms with Gasteiger partial charge in [-0.05, 0) is 47.2 Å². The number of aromatic nitrogens is 1. The topological polar surface area (TPSA) is 71.9 Å². The summed E-state index contributed by atoms with van der Waals surface area (Å²) in [5, 5.41) is 9.36. The molecule has 2 heterocycles. The third-order valence-electron chi connectivity index (χ3n) is 6.62. The maximum absolute atomic E-state index is 15.3. The first-order chi connectivity index (χ1) is 18.6. The van der Waals surface area contributed by atoms with Gasteiger partial charge in [-0.3, -0.25) is 4.79 Å². The average Bonchev–Trinajstić information content (AvgIpc) is 2.96. The molecule has 5 rings (SSSR count). The van der Waals surface area contributed by atoms with Gasteiger partial charge in [0.15, 0.2) is 0 Å². The summed E-state index contributed by atoms with van der Waals surface area (Å²) in [6, 6.07) is 27.8. The summed E-state index contributed by atoms with van der Waals surface area (Å²) in [6.07, 6.45) is 0.846. The molecule has 0 saturated carbocycles. The molecule has 1 amide bonds. The second-order valence-corrected chi connectivity index (χ2v) is 9.30. The number of hydrogen-bond donors (Lipinski definition) is 1. The van der Waals surface area contributed by atoms with Gasteiger partial charge in [-0.15, -0.1) is 0 Å². The van der Waals surface area contributed by atoms with Gasteiger partial charge in [0, 0.05) is 31.2 Å². The summed E-state index contributed by atoms with van der Waals surface area (Å²) in [5.41, 5.74) is 3.41. The second kappa shape index (κ2) is 11.9. The van der Waals surface area contributed by atoms with Crippen LogP contribution in [0.2, 0.25) is 0 Å². The Kier molecular flexibility index (Phi) is 7.95. The van der Waals surface area contributed by atoms with Gasteiger partial charge in [0.1, 0.15) is 19.0 Å². The number of carbonyl (C=O) groups excluding carboxylic acids is 1. The van der Waals surface area contributed by atoms with Gasteiger partial charge in [0.25, 0.3) is 0 Å². The lowest BCUT2D eigenvalue weighted by molar-refractivity contribution is -0.121. The summed E-state index contributed by atoms with van der Waals surface area (Å²) in [4.78, 5) is 18.6. The van der Waals surface area contributed by atoms with Crippen molar-refractivity contribution in [3.8, 4) is 22.9 Å². The second-order valence-electron chi connectivity index (χ2n) is 9.30. The van der Waals surface area contributed by atoms with E-state index in [0.29, 0.717) is 42.5 Å². The number of pyridine rings is 1. The highest BCUT2D eigenvalue weighted by molar-refractivity contribution is 5.94. The molecule has 0 spiro atoms. The van der Waals surface area contributed by atoms with Crippen LogP contribution in [0, 0.1) is 11.7 Å². The smallest absolute Gasteiger partial charge is 0.227 e. The molecule has 0 aliphatic carbocycles. The van der Waals surface area contributed by atoms with E-state index in [4.69, 9.17) is 9.47 Å². The van der Waals surface area contributed by atoms with Crippen molar-refractivity contribution in [2.24, 2.45) is 5.92 Å². The number of carbonyl (C=O) groups is 1. The molecule has 3 aromatic carbocycles. The van der Waals surface area contributed by atoms with E-state index in [9.17, 15) is 9.90 Å². The normalized spacial score (nSPS) is 15.4. The minimum absolute atomic E-state index is 0.0369. The number of anilines is 1. The standard InChI is InChI=1S/C31H29FN2O4/c32-27-18-25(11-13-28(27)34-16-15-24(19-35)17-30(34)36)26-12-14-29(37-20-22-7-3-1-4-8-22)33-31(26)38-21-23-9-5-2-6-10-23/h1-14,18,24,35H,15-17,19-21H2. The van der Waals surface area contributed by atoms with Crippen LogP contribution in [0.3, 0.4) is 0 Å². The lowest BCUT2D eigenvalue weighted by Crippen LogP contribution is -2.40. The Morgan fingerprint density at radius 2 is 1.58 bits per heavy atom. The molecule has 1 fully saturated rings. The van der Waals surface area contributed by atoms with Crippen molar-refractivity contribution in [3.63, 3.8) is 0 Å². The zero-order valence-electron chi connectivity index (χ0n) is 20.9. The molecule has 38 heavy (non-hydrogen) atoms. The molecule has 1 aromatic heterocycles. The van der Waals surface area contributed by atoms with E-state index in [1.807, 2.05) is 60.7 Å². The van der Waals surface area contributed by atoms with E-state index < -0.39 is 5.82 Å². The van der Waals surface area contributed by atoms with Gasteiger partial charge in [-0.25, -0.2) is 4.39 Å². The summed E-state index contributed by atoms with van der Waals surface area (Å²) in [5.74, 6) is -0.0345. The molecule has 0 bridgehead atoms. The number of halogens is 1. The summed E-state index contributed by atoms with van der Waals surface area (Å²) < 4.78 is 27.3. The van der Waals surface area contributed by atoms with Crippen molar-refractivity contribution in [1.82, 2.24) is 4.98 Å². The fraction of sp³-hybridized carbons (Fsp3) is 0.226. The maximum atomic E-state index is 15.3. The Hall–Kier alpha value is -4.23. The highest BCUT2D eigenvalue weighted by Crippen LogP contribution is 2.35. The first-order valence-electron chi connectivity index (χ1n) is 12.7. The van der Waals surface area contributed by atoms with Gasteiger partial charge in [0.05, 0.1) is 5.69 Å². The number of amides is 1. The highest BCUT2D eigenvalue weighted by atomic mass is 19.1. The van der Waals surface area contributed by atoms with E-state index in [-0.39, 0.29) is 37.1 Å².